The molecule has 1 N–H and O–H groups in total. The van der Waals surface area contributed by atoms with E-state index < -0.39 is 41.7 Å². The number of hydrogen-bond donors (Lipinski definition) is 1. The number of nitrogens with zero attached hydrogens (tertiary/aromatic N) is 3. The lowest BCUT2D eigenvalue weighted by molar-refractivity contribution is -0.139. The Morgan fingerprint density at radius 3 is 2.65 bits per heavy atom. The number of benzene rings is 2. The summed E-state index contributed by atoms with van der Waals surface area (Å²) in [6.45, 7) is 4.31. The third-order valence-electron chi connectivity index (χ3n) is 6.46. The van der Waals surface area contributed by atoms with Crippen LogP contribution in [-0.2, 0) is 32.0 Å². The summed E-state index contributed by atoms with van der Waals surface area (Å²) in [6.07, 6.45) is 2.25. The van der Waals surface area contributed by atoms with Crippen LogP contribution in [0.4, 0.5) is 14.6 Å². The van der Waals surface area contributed by atoms with Gasteiger partial charge in [0.2, 0.25) is 5.91 Å². The molecule has 2 atom stereocenters. The fourth-order valence-corrected chi connectivity index (χ4v) is 4.75. The van der Waals surface area contributed by atoms with E-state index in [1.165, 1.54) is 17.0 Å². The summed E-state index contributed by atoms with van der Waals surface area (Å²) in [5.41, 5.74) is -0.317. The second-order valence-corrected chi connectivity index (χ2v) is 10.3. The molecule has 0 spiro atoms. The molecule has 2 aliphatic heterocycles. The fourth-order valence-electron chi connectivity index (χ4n) is 4.57. The number of nitrogens with one attached hydrogen (secondary N) is 1. The van der Waals surface area contributed by atoms with Gasteiger partial charge in [-0.3, -0.25) is 14.3 Å². The summed E-state index contributed by atoms with van der Waals surface area (Å²) in [5.74, 6) is -2.79. The molecule has 210 valence electrons. The Bertz CT molecular complexity index is 1440. The van der Waals surface area contributed by atoms with Crippen molar-refractivity contribution in [3.05, 3.63) is 88.8 Å². The van der Waals surface area contributed by atoms with Gasteiger partial charge in [0.15, 0.2) is 11.6 Å². The molecule has 1 fully saturated rings. The normalized spacial score (nSPS) is 19.0. The average molecular weight is 573 g/mol. The van der Waals surface area contributed by atoms with Crippen molar-refractivity contribution < 1.29 is 32.6 Å². The Hall–Kier alpha value is -3.80. The molecule has 9 nitrogen and oxygen atoms in total. The van der Waals surface area contributed by atoms with Crippen LogP contribution in [0.2, 0.25) is 5.02 Å². The third kappa shape index (κ3) is 6.33. The minimum absolute atomic E-state index is 0.110. The van der Waals surface area contributed by atoms with E-state index in [9.17, 15) is 18.4 Å². The molecule has 0 radical (unpaired) electrons. The number of anilines is 1. The largest absolute Gasteiger partial charge is 0.458 e. The van der Waals surface area contributed by atoms with Gasteiger partial charge in [0.05, 0.1) is 24.7 Å². The van der Waals surface area contributed by atoms with Crippen molar-refractivity contribution in [2.24, 2.45) is 0 Å². The number of rotatable bonds is 9. The topological polar surface area (TPSA) is 94.9 Å². The Balaban J connectivity index is 1.33. The lowest BCUT2D eigenvalue weighted by atomic mass is 10.0. The van der Waals surface area contributed by atoms with Crippen LogP contribution < -0.4 is 10.1 Å². The number of halogens is 3. The van der Waals surface area contributed by atoms with Crippen LogP contribution >= 0.6 is 11.6 Å². The smallest absolute Gasteiger partial charge is 0.251 e. The van der Waals surface area contributed by atoms with Gasteiger partial charge < -0.3 is 24.4 Å². The van der Waals surface area contributed by atoms with E-state index in [0.717, 1.165) is 12.1 Å². The molecule has 2 amide bonds. The second kappa shape index (κ2) is 11.4. The van der Waals surface area contributed by atoms with E-state index in [1.807, 2.05) is 13.8 Å². The maximum Gasteiger partial charge on any atom is 0.251 e. The summed E-state index contributed by atoms with van der Waals surface area (Å²) < 4.78 is 47.9. The zero-order chi connectivity index (χ0) is 28.4. The van der Waals surface area contributed by atoms with Gasteiger partial charge in [0.25, 0.3) is 5.91 Å². The highest BCUT2D eigenvalue weighted by Gasteiger charge is 2.36. The van der Waals surface area contributed by atoms with Gasteiger partial charge in [-0.25, -0.2) is 8.78 Å². The maximum atomic E-state index is 14.6. The molecular formula is C28H27ClF2N4O5. The summed E-state index contributed by atoms with van der Waals surface area (Å²) in [5, 5.41) is 7.36. The predicted octanol–water partition coefficient (Wildman–Crippen LogP) is 4.32. The Morgan fingerprint density at radius 1 is 1.20 bits per heavy atom. The van der Waals surface area contributed by atoms with Gasteiger partial charge in [-0.05, 0) is 38.1 Å². The number of carbonyl (C=O) groups is 2. The van der Waals surface area contributed by atoms with Crippen molar-refractivity contribution in [1.29, 1.82) is 0 Å². The standard InChI is InChI=1S/C28H27ClF2N4O5/c1-28(2)38-16-18(40-28)14-34-11-10-25(33-34)32-27(37)23(13-19-21(30)7-5-8-22(19)31)35-15-17(12-26(35)36)39-24-9-4-3-6-20(24)29/h3-12,18,23H,13-16H2,1-2H3,(H,32,33,37)/t18-,23+/m1/s1. The van der Waals surface area contributed by atoms with Gasteiger partial charge in [0.1, 0.15) is 35.3 Å². The molecule has 0 bridgehead atoms. The molecule has 5 rings (SSSR count). The summed E-state index contributed by atoms with van der Waals surface area (Å²) >= 11 is 6.17. The summed E-state index contributed by atoms with van der Waals surface area (Å²) in [7, 11) is 0. The number of carbonyl (C=O) groups excluding carboxylic acids is 2. The second-order valence-electron chi connectivity index (χ2n) is 9.89. The van der Waals surface area contributed by atoms with Crippen LogP contribution in [0, 0.1) is 11.6 Å². The molecule has 0 aliphatic carbocycles. The number of aromatic nitrogens is 2. The monoisotopic (exact) mass is 572 g/mol. The molecule has 40 heavy (non-hydrogen) atoms. The first-order chi connectivity index (χ1) is 19.1. The first-order valence-electron chi connectivity index (χ1n) is 12.6. The van der Waals surface area contributed by atoms with Gasteiger partial charge in [0, 0.05) is 30.3 Å². The molecule has 3 aromatic rings. The predicted molar refractivity (Wildman–Crippen MR) is 141 cm³/mol. The summed E-state index contributed by atoms with van der Waals surface area (Å²) in [6, 6.07) is 10.4. The third-order valence-corrected chi connectivity index (χ3v) is 6.77. The van der Waals surface area contributed by atoms with Gasteiger partial charge in [-0.2, -0.15) is 5.10 Å². The van der Waals surface area contributed by atoms with E-state index in [4.69, 9.17) is 25.8 Å². The highest BCUT2D eigenvalue weighted by molar-refractivity contribution is 6.32. The van der Waals surface area contributed by atoms with Crippen molar-refractivity contribution in [2.45, 2.75) is 44.7 Å². The van der Waals surface area contributed by atoms with Crippen molar-refractivity contribution in [3.8, 4) is 5.75 Å². The van der Waals surface area contributed by atoms with Gasteiger partial charge in [-0.15, -0.1) is 0 Å². The van der Waals surface area contributed by atoms with Crippen molar-refractivity contribution in [2.75, 3.05) is 18.5 Å². The van der Waals surface area contributed by atoms with Gasteiger partial charge in [-0.1, -0.05) is 29.8 Å². The van der Waals surface area contributed by atoms with Crippen molar-refractivity contribution in [1.82, 2.24) is 14.7 Å². The van der Waals surface area contributed by atoms with Crippen LogP contribution in [0.1, 0.15) is 19.4 Å². The molecule has 0 unspecified atom stereocenters. The van der Waals surface area contributed by atoms with Crippen LogP contribution in [0.15, 0.2) is 66.6 Å². The van der Waals surface area contributed by atoms with E-state index >= 15 is 0 Å². The Kier molecular flexibility index (Phi) is 7.88. The highest BCUT2D eigenvalue weighted by Crippen LogP contribution is 2.28. The molecular weight excluding hydrogens is 546 g/mol. The van der Waals surface area contributed by atoms with Crippen molar-refractivity contribution in [3.63, 3.8) is 0 Å². The number of amides is 2. The molecule has 0 saturated carbocycles. The molecule has 2 aliphatic rings. The molecule has 1 saturated heterocycles. The Labute approximate surface area is 234 Å². The lowest BCUT2D eigenvalue weighted by Gasteiger charge is -2.27. The Morgan fingerprint density at radius 2 is 1.95 bits per heavy atom. The SMILES string of the molecule is CC1(C)OC[C@@H](Cn2ccc(NC(=O)[C@H](Cc3c(F)cccc3F)N3CC(Oc4ccccc4Cl)=CC3=O)n2)O1. The van der Waals surface area contributed by atoms with Crippen LogP contribution in [0.25, 0.3) is 0 Å². The van der Waals surface area contributed by atoms with Crippen LogP contribution in [0.3, 0.4) is 0 Å². The molecule has 12 heteroatoms. The minimum Gasteiger partial charge on any atom is -0.458 e. The maximum absolute atomic E-state index is 14.6. The number of para-hydroxylation sites is 1. The molecule has 2 aromatic carbocycles. The van der Waals surface area contributed by atoms with E-state index in [-0.39, 0.29) is 29.8 Å². The van der Waals surface area contributed by atoms with Crippen molar-refractivity contribution >= 4 is 29.2 Å². The minimum atomic E-state index is -1.28. The average Bonchev–Trinajstić information content (AvgIpc) is 3.58. The fraction of sp³-hybridized carbons (Fsp3) is 0.321. The first-order valence-corrected chi connectivity index (χ1v) is 13.0. The van der Waals surface area contributed by atoms with Crippen LogP contribution in [-0.4, -0.2) is 57.6 Å². The number of ether oxygens (including phenoxy) is 3. The zero-order valence-corrected chi connectivity index (χ0v) is 22.5. The lowest BCUT2D eigenvalue weighted by Crippen LogP contribution is -2.47. The zero-order valence-electron chi connectivity index (χ0n) is 21.8. The van der Waals surface area contributed by atoms with E-state index in [1.54, 1.807) is 41.2 Å². The number of hydrogen-bond acceptors (Lipinski definition) is 6. The molecule has 1 aromatic heterocycles. The molecule has 3 heterocycles. The quantitative estimate of drug-likeness (QED) is 0.410. The van der Waals surface area contributed by atoms with Crippen LogP contribution in [0.5, 0.6) is 5.75 Å². The van der Waals surface area contributed by atoms with E-state index in [2.05, 4.69) is 10.4 Å². The highest BCUT2D eigenvalue weighted by atomic mass is 35.5. The summed E-state index contributed by atoms with van der Waals surface area (Å²) in [4.78, 5) is 27.7. The van der Waals surface area contributed by atoms with E-state index in [0.29, 0.717) is 23.9 Å². The first kappa shape index (κ1) is 27.8. The van der Waals surface area contributed by atoms with Gasteiger partial charge >= 0.3 is 0 Å².